The zero-order valence-electron chi connectivity index (χ0n) is 18.3. The Labute approximate surface area is 191 Å². The second kappa shape index (κ2) is 10.1. The van der Waals surface area contributed by atoms with Gasteiger partial charge in [0.1, 0.15) is 6.54 Å². The van der Waals surface area contributed by atoms with Crippen LogP contribution in [0.15, 0.2) is 66.9 Å². The van der Waals surface area contributed by atoms with Crippen molar-refractivity contribution < 1.29 is 29.4 Å². The number of rotatable bonds is 7. The van der Waals surface area contributed by atoms with Gasteiger partial charge in [0.05, 0.1) is 11.7 Å². The van der Waals surface area contributed by atoms with Crippen molar-refractivity contribution in [3.63, 3.8) is 0 Å². The molecule has 0 radical (unpaired) electrons. The quantitative estimate of drug-likeness (QED) is 0.659. The summed E-state index contributed by atoms with van der Waals surface area (Å²) in [6, 6.07) is 16.1. The summed E-state index contributed by atoms with van der Waals surface area (Å²) in [5.41, 5.74) is 1.42. The van der Waals surface area contributed by atoms with Gasteiger partial charge in [-0.2, -0.15) is 0 Å². The summed E-state index contributed by atoms with van der Waals surface area (Å²) in [4.78, 5) is 51.1. The van der Waals surface area contributed by atoms with Crippen LogP contribution in [0.25, 0.3) is 5.70 Å². The van der Waals surface area contributed by atoms with Crippen LogP contribution in [-0.2, 0) is 25.6 Å². The van der Waals surface area contributed by atoms with Crippen molar-refractivity contribution in [2.45, 2.75) is 32.4 Å². The van der Waals surface area contributed by atoms with Crippen molar-refractivity contribution >= 4 is 29.4 Å². The lowest BCUT2D eigenvalue weighted by atomic mass is 10.00. The molecule has 0 aliphatic carbocycles. The minimum atomic E-state index is -1.97. The molecule has 1 heterocycles. The third kappa shape index (κ3) is 5.27. The van der Waals surface area contributed by atoms with E-state index in [0.29, 0.717) is 11.1 Å². The fourth-order valence-corrected chi connectivity index (χ4v) is 3.71. The molecule has 3 amide bonds. The Morgan fingerprint density at radius 3 is 2.09 bits per heavy atom. The number of aliphatic carboxylic acids is 1. The number of hydrogen-bond acceptors (Lipinski definition) is 5. The fraction of sp³-hybridized carbons (Fsp3) is 0.250. The van der Waals surface area contributed by atoms with Crippen LogP contribution in [-0.4, -0.2) is 67.5 Å². The average molecular weight is 451 g/mol. The monoisotopic (exact) mass is 451 g/mol. The van der Waals surface area contributed by atoms with Gasteiger partial charge in [0.15, 0.2) is 6.10 Å². The molecule has 0 fully saturated rings. The Morgan fingerprint density at radius 2 is 1.58 bits per heavy atom. The number of hydrazine groups is 1. The Morgan fingerprint density at radius 1 is 1.00 bits per heavy atom. The molecular formula is C24H25N3O6. The van der Waals surface area contributed by atoms with Crippen molar-refractivity contribution in [3.05, 3.63) is 78.0 Å². The molecule has 0 bridgehead atoms. The summed E-state index contributed by atoms with van der Waals surface area (Å²) in [7, 11) is 0. The number of carbonyl (C=O) groups excluding carboxylic acids is 3. The molecular weight excluding hydrogens is 426 g/mol. The number of aliphatic hydroxyl groups is 1. The van der Waals surface area contributed by atoms with Gasteiger partial charge >= 0.3 is 5.97 Å². The van der Waals surface area contributed by atoms with E-state index in [1.54, 1.807) is 60.7 Å². The van der Waals surface area contributed by atoms with E-state index in [-0.39, 0.29) is 24.6 Å². The van der Waals surface area contributed by atoms with Crippen LogP contribution in [0.1, 0.15) is 25.0 Å². The topological polar surface area (TPSA) is 118 Å². The fourth-order valence-electron chi connectivity index (χ4n) is 3.71. The number of aliphatic hydroxyl groups excluding tert-OH is 1. The standard InChI is InChI=1S/C24H25N3O6/c1-16(28)25-14-21(19-11-7-4-8-12-19)27(22(30)15-25)26(17(2)29)20(23(31)24(32)33)13-18-9-5-3-6-10-18/h3-12,14,20,23,31H,13,15H2,1-2H3,(H,32,33)/t20-,23?/m0/s1. The summed E-state index contributed by atoms with van der Waals surface area (Å²) in [6.45, 7) is 2.17. The summed E-state index contributed by atoms with van der Waals surface area (Å²) in [6.07, 6.45) is -0.539. The van der Waals surface area contributed by atoms with Crippen molar-refractivity contribution in [2.24, 2.45) is 0 Å². The number of amides is 3. The van der Waals surface area contributed by atoms with Crippen LogP contribution in [0.5, 0.6) is 0 Å². The van der Waals surface area contributed by atoms with Gasteiger partial charge in [-0.05, 0) is 12.0 Å². The van der Waals surface area contributed by atoms with Gasteiger partial charge in [0.25, 0.3) is 5.91 Å². The van der Waals surface area contributed by atoms with Crippen LogP contribution in [0.2, 0.25) is 0 Å². The summed E-state index contributed by atoms with van der Waals surface area (Å²) in [5.74, 6) is -3.14. The second-order valence-corrected chi connectivity index (χ2v) is 7.64. The van der Waals surface area contributed by atoms with Crippen LogP contribution >= 0.6 is 0 Å². The average Bonchev–Trinajstić information content (AvgIpc) is 2.79. The maximum absolute atomic E-state index is 13.3. The summed E-state index contributed by atoms with van der Waals surface area (Å²) in [5, 5.41) is 22.2. The Balaban J connectivity index is 2.15. The minimum absolute atomic E-state index is 0.0177. The number of nitrogens with zero attached hydrogens (tertiary/aromatic N) is 3. The number of carbonyl (C=O) groups is 4. The third-order valence-corrected chi connectivity index (χ3v) is 5.28. The van der Waals surface area contributed by atoms with E-state index in [9.17, 15) is 29.4 Å². The number of hydrogen-bond donors (Lipinski definition) is 2. The highest BCUT2D eigenvalue weighted by molar-refractivity contribution is 5.96. The lowest BCUT2D eigenvalue weighted by molar-refractivity contribution is -0.171. The van der Waals surface area contributed by atoms with Crippen LogP contribution in [0.4, 0.5) is 0 Å². The molecule has 0 aromatic heterocycles. The summed E-state index contributed by atoms with van der Waals surface area (Å²) < 4.78 is 0. The largest absolute Gasteiger partial charge is 0.479 e. The molecule has 172 valence electrons. The number of benzene rings is 2. The molecule has 2 aromatic rings. The first-order valence-corrected chi connectivity index (χ1v) is 10.3. The van der Waals surface area contributed by atoms with E-state index in [1.165, 1.54) is 24.9 Å². The van der Waals surface area contributed by atoms with E-state index in [2.05, 4.69) is 0 Å². The zero-order chi connectivity index (χ0) is 24.1. The highest BCUT2D eigenvalue weighted by atomic mass is 16.4. The predicted molar refractivity (Wildman–Crippen MR) is 119 cm³/mol. The molecule has 0 saturated carbocycles. The van der Waals surface area contributed by atoms with Crippen molar-refractivity contribution in [1.82, 2.24) is 14.9 Å². The maximum Gasteiger partial charge on any atom is 0.334 e. The van der Waals surface area contributed by atoms with Crippen molar-refractivity contribution in [2.75, 3.05) is 6.54 Å². The zero-order valence-corrected chi connectivity index (χ0v) is 18.3. The lowest BCUT2D eigenvalue weighted by Gasteiger charge is -2.44. The molecule has 9 heteroatoms. The number of carboxylic acid groups (broad SMARTS) is 1. The van der Waals surface area contributed by atoms with Gasteiger partial charge < -0.3 is 15.1 Å². The highest BCUT2D eigenvalue weighted by Gasteiger charge is 2.42. The van der Waals surface area contributed by atoms with Gasteiger partial charge in [0, 0.05) is 25.6 Å². The van der Waals surface area contributed by atoms with Gasteiger partial charge in [-0.25, -0.2) is 14.8 Å². The van der Waals surface area contributed by atoms with E-state index < -0.39 is 29.9 Å². The first-order valence-electron chi connectivity index (χ1n) is 10.3. The first-order chi connectivity index (χ1) is 15.7. The SMILES string of the molecule is CC(=O)N1C=C(c2ccccc2)N(N(C(C)=O)[C@@H](Cc2ccccc2)C(O)C(=O)O)C(=O)C1. The normalized spacial score (nSPS) is 15.5. The third-order valence-electron chi connectivity index (χ3n) is 5.28. The van der Waals surface area contributed by atoms with Crippen LogP contribution in [0, 0.1) is 0 Å². The molecule has 2 atom stereocenters. The van der Waals surface area contributed by atoms with Gasteiger partial charge in [-0.15, -0.1) is 0 Å². The molecule has 2 aromatic carbocycles. The smallest absolute Gasteiger partial charge is 0.334 e. The molecule has 0 saturated heterocycles. The summed E-state index contributed by atoms with van der Waals surface area (Å²) >= 11 is 0. The Hall–Kier alpha value is -3.98. The van der Waals surface area contributed by atoms with Gasteiger partial charge in [0.2, 0.25) is 11.8 Å². The Bertz CT molecular complexity index is 1070. The first kappa shape index (κ1) is 23.7. The molecule has 1 unspecified atom stereocenters. The maximum atomic E-state index is 13.3. The Kier molecular flexibility index (Phi) is 7.24. The van der Waals surface area contributed by atoms with E-state index >= 15 is 0 Å². The molecule has 2 N–H and O–H groups in total. The minimum Gasteiger partial charge on any atom is -0.479 e. The molecule has 0 spiro atoms. The van der Waals surface area contributed by atoms with E-state index in [1.807, 2.05) is 0 Å². The van der Waals surface area contributed by atoms with E-state index in [0.717, 1.165) is 10.0 Å². The van der Waals surface area contributed by atoms with Crippen molar-refractivity contribution in [1.29, 1.82) is 0 Å². The van der Waals surface area contributed by atoms with E-state index in [4.69, 9.17) is 0 Å². The molecule has 1 aliphatic heterocycles. The van der Waals surface area contributed by atoms with Gasteiger partial charge in [-0.1, -0.05) is 60.7 Å². The van der Waals surface area contributed by atoms with Gasteiger partial charge in [-0.3, -0.25) is 14.4 Å². The molecule has 3 rings (SSSR count). The number of carboxylic acids is 1. The predicted octanol–water partition coefficient (Wildman–Crippen LogP) is 1.50. The van der Waals surface area contributed by atoms with Crippen LogP contribution < -0.4 is 0 Å². The highest BCUT2D eigenvalue weighted by Crippen LogP contribution is 2.29. The molecule has 33 heavy (non-hydrogen) atoms. The molecule has 9 nitrogen and oxygen atoms in total. The second-order valence-electron chi connectivity index (χ2n) is 7.64. The van der Waals surface area contributed by atoms with Crippen molar-refractivity contribution in [3.8, 4) is 0 Å². The lowest BCUT2D eigenvalue weighted by Crippen LogP contribution is -2.61. The molecule has 1 aliphatic rings. The van der Waals surface area contributed by atoms with Crippen LogP contribution in [0.3, 0.4) is 0 Å².